The summed E-state index contributed by atoms with van der Waals surface area (Å²) in [5, 5.41) is 12.3. The molecule has 1 amide bonds. The maximum Gasteiger partial charge on any atom is 0.256 e. The summed E-state index contributed by atoms with van der Waals surface area (Å²) in [5.41, 5.74) is -0.0172. The van der Waals surface area contributed by atoms with E-state index in [1.165, 1.54) is 0 Å². The summed E-state index contributed by atoms with van der Waals surface area (Å²) < 4.78 is 11.4. The first-order valence-electron chi connectivity index (χ1n) is 9.63. The lowest BCUT2D eigenvalue weighted by Gasteiger charge is -2.29. The molecule has 0 heterocycles. The van der Waals surface area contributed by atoms with Gasteiger partial charge in [0.2, 0.25) is 0 Å². The van der Waals surface area contributed by atoms with Crippen molar-refractivity contribution in [3.8, 4) is 11.8 Å². The Kier molecular flexibility index (Phi) is 9.75. The van der Waals surface area contributed by atoms with E-state index in [4.69, 9.17) is 9.47 Å². The molecule has 0 aliphatic carbocycles. The van der Waals surface area contributed by atoms with Crippen LogP contribution in [0.4, 0.5) is 5.69 Å². The van der Waals surface area contributed by atoms with Crippen LogP contribution in [0.2, 0.25) is 0 Å². The molecule has 1 aromatic carbocycles. The molecular formula is C21H32N2O3. The van der Waals surface area contributed by atoms with Crippen molar-refractivity contribution in [2.45, 2.75) is 71.8 Å². The Morgan fingerprint density at radius 3 is 2.50 bits per heavy atom. The normalized spacial score (nSPS) is 12.9. The topological polar surface area (TPSA) is 71.3 Å². The summed E-state index contributed by atoms with van der Waals surface area (Å²) in [6.45, 7) is 9.13. The molecule has 0 unspecified atom stereocenters. The van der Waals surface area contributed by atoms with Crippen molar-refractivity contribution in [2.75, 3.05) is 18.5 Å². The molecule has 0 bridgehead atoms. The van der Waals surface area contributed by atoms with E-state index in [0.717, 1.165) is 32.1 Å². The quantitative estimate of drug-likeness (QED) is 0.529. The lowest BCUT2D eigenvalue weighted by molar-refractivity contribution is -0.140. The van der Waals surface area contributed by atoms with Crippen LogP contribution in [0.25, 0.3) is 0 Å². The second-order valence-electron chi connectivity index (χ2n) is 6.66. The smallest absolute Gasteiger partial charge is 0.256 e. The summed E-state index contributed by atoms with van der Waals surface area (Å²) >= 11 is 0. The molecule has 5 nitrogen and oxygen atoms in total. The van der Waals surface area contributed by atoms with E-state index in [1.807, 2.05) is 20.8 Å². The van der Waals surface area contributed by atoms with Gasteiger partial charge in [-0.05, 0) is 44.4 Å². The maximum absolute atomic E-state index is 12.9. The Hall–Kier alpha value is -2.06. The van der Waals surface area contributed by atoms with Crippen molar-refractivity contribution in [1.82, 2.24) is 0 Å². The third kappa shape index (κ3) is 6.68. The second kappa shape index (κ2) is 11.5. The fourth-order valence-electron chi connectivity index (χ4n) is 2.58. The van der Waals surface area contributed by atoms with Crippen LogP contribution >= 0.6 is 0 Å². The van der Waals surface area contributed by atoms with Crippen LogP contribution in [0.1, 0.15) is 71.8 Å². The lowest BCUT2D eigenvalue weighted by atomic mass is 9.96. The minimum absolute atomic E-state index is 0.208. The Morgan fingerprint density at radius 1 is 1.15 bits per heavy atom. The second-order valence-corrected chi connectivity index (χ2v) is 6.66. The first-order chi connectivity index (χ1) is 12.5. The molecule has 0 saturated heterocycles. The first-order valence-corrected chi connectivity index (χ1v) is 9.63. The minimum Gasteiger partial charge on any atom is -0.494 e. The number of nitrogens with one attached hydrogen (secondary N) is 1. The molecule has 0 spiro atoms. The molecule has 144 valence electrons. The molecule has 0 fully saturated rings. The molecule has 0 aliphatic heterocycles. The van der Waals surface area contributed by atoms with Crippen LogP contribution in [0.3, 0.4) is 0 Å². The van der Waals surface area contributed by atoms with Gasteiger partial charge < -0.3 is 14.8 Å². The van der Waals surface area contributed by atoms with Crippen LogP contribution in [0.15, 0.2) is 18.2 Å². The number of hydrogen-bond acceptors (Lipinski definition) is 4. The van der Waals surface area contributed by atoms with E-state index in [0.29, 0.717) is 36.6 Å². The minimum atomic E-state index is -0.894. The highest BCUT2D eigenvalue weighted by atomic mass is 16.5. The van der Waals surface area contributed by atoms with Gasteiger partial charge in [0.15, 0.2) is 0 Å². The van der Waals surface area contributed by atoms with Gasteiger partial charge in [-0.2, -0.15) is 5.26 Å². The molecule has 0 aliphatic rings. The number of rotatable bonds is 12. The Morgan fingerprint density at radius 2 is 1.88 bits per heavy atom. The number of hydrogen-bond donors (Lipinski definition) is 1. The van der Waals surface area contributed by atoms with E-state index in [-0.39, 0.29) is 5.91 Å². The van der Waals surface area contributed by atoms with Crippen molar-refractivity contribution in [3.63, 3.8) is 0 Å². The van der Waals surface area contributed by atoms with Crippen molar-refractivity contribution >= 4 is 11.6 Å². The van der Waals surface area contributed by atoms with Gasteiger partial charge >= 0.3 is 0 Å². The molecule has 0 saturated carbocycles. The zero-order valence-corrected chi connectivity index (χ0v) is 16.6. The first kappa shape index (κ1) is 22.0. The van der Waals surface area contributed by atoms with Crippen molar-refractivity contribution in [3.05, 3.63) is 23.8 Å². The highest BCUT2D eigenvalue weighted by Gasteiger charge is 2.34. The molecule has 1 atom stereocenters. The summed E-state index contributed by atoms with van der Waals surface area (Å²) in [6.07, 6.45) is 5.48. The Balaban J connectivity index is 2.91. The summed E-state index contributed by atoms with van der Waals surface area (Å²) in [4.78, 5) is 12.9. The number of carbonyl (C=O) groups excluding carboxylic acids is 1. The number of anilines is 1. The van der Waals surface area contributed by atoms with Crippen molar-refractivity contribution in [1.29, 1.82) is 5.26 Å². The SMILES string of the molecule is CCCCC[C@](C)(OCCC)C(=O)Nc1ccc(OCCC)cc1C#N. The summed E-state index contributed by atoms with van der Waals surface area (Å²) in [7, 11) is 0. The third-order valence-electron chi connectivity index (χ3n) is 4.20. The summed E-state index contributed by atoms with van der Waals surface area (Å²) in [6, 6.07) is 7.28. The Bertz CT molecular complexity index is 610. The molecule has 1 aromatic rings. The molecule has 0 radical (unpaired) electrons. The van der Waals surface area contributed by atoms with Gasteiger partial charge in [-0.15, -0.1) is 0 Å². The standard InChI is InChI=1S/C21H32N2O3/c1-5-8-9-12-21(4,26-14-7-3)20(24)23-19-11-10-18(25-13-6-2)15-17(19)16-22/h10-11,15H,5-9,12-14H2,1-4H3,(H,23,24)/t21-/m0/s1. The zero-order valence-electron chi connectivity index (χ0n) is 16.6. The number of amides is 1. The molecular weight excluding hydrogens is 328 g/mol. The highest BCUT2D eigenvalue weighted by molar-refractivity contribution is 5.98. The van der Waals surface area contributed by atoms with E-state index in [1.54, 1.807) is 18.2 Å². The van der Waals surface area contributed by atoms with E-state index < -0.39 is 5.60 Å². The monoisotopic (exact) mass is 360 g/mol. The molecule has 1 N–H and O–H groups in total. The maximum atomic E-state index is 12.9. The van der Waals surface area contributed by atoms with Gasteiger partial charge in [0.25, 0.3) is 5.91 Å². The molecule has 26 heavy (non-hydrogen) atoms. The Labute approximate surface area is 157 Å². The molecule has 0 aromatic heterocycles. The number of benzene rings is 1. The van der Waals surface area contributed by atoms with Gasteiger partial charge in [0.05, 0.1) is 17.9 Å². The number of nitrogens with zero attached hydrogens (tertiary/aromatic N) is 1. The predicted molar refractivity (Wildman–Crippen MR) is 104 cm³/mol. The molecule has 5 heteroatoms. The van der Waals surface area contributed by atoms with Gasteiger partial charge in [0.1, 0.15) is 17.4 Å². The number of carbonyl (C=O) groups is 1. The largest absolute Gasteiger partial charge is 0.494 e. The van der Waals surface area contributed by atoms with Crippen LogP contribution in [0.5, 0.6) is 5.75 Å². The van der Waals surface area contributed by atoms with Crippen molar-refractivity contribution in [2.24, 2.45) is 0 Å². The predicted octanol–water partition coefficient (Wildman–Crippen LogP) is 5.05. The fraction of sp³-hybridized carbons (Fsp3) is 0.619. The van der Waals surface area contributed by atoms with Crippen LogP contribution in [0, 0.1) is 11.3 Å². The fourth-order valence-corrected chi connectivity index (χ4v) is 2.58. The number of nitriles is 1. The van der Waals surface area contributed by atoms with Crippen LogP contribution < -0.4 is 10.1 Å². The summed E-state index contributed by atoms with van der Waals surface area (Å²) in [5.74, 6) is 0.426. The lowest BCUT2D eigenvalue weighted by Crippen LogP contribution is -2.43. The number of ether oxygens (including phenoxy) is 2. The van der Waals surface area contributed by atoms with Crippen LogP contribution in [-0.4, -0.2) is 24.7 Å². The van der Waals surface area contributed by atoms with Gasteiger partial charge in [-0.1, -0.05) is 40.0 Å². The van der Waals surface area contributed by atoms with E-state index >= 15 is 0 Å². The van der Waals surface area contributed by atoms with E-state index in [2.05, 4.69) is 18.3 Å². The van der Waals surface area contributed by atoms with Crippen molar-refractivity contribution < 1.29 is 14.3 Å². The third-order valence-corrected chi connectivity index (χ3v) is 4.20. The van der Waals surface area contributed by atoms with Crippen LogP contribution in [-0.2, 0) is 9.53 Å². The number of unbranched alkanes of at least 4 members (excludes halogenated alkanes) is 2. The zero-order chi connectivity index (χ0) is 19.4. The molecule has 1 rings (SSSR count). The highest BCUT2D eigenvalue weighted by Crippen LogP contribution is 2.26. The van der Waals surface area contributed by atoms with Gasteiger partial charge in [-0.3, -0.25) is 4.79 Å². The van der Waals surface area contributed by atoms with E-state index in [9.17, 15) is 10.1 Å². The average molecular weight is 360 g/mol. The van der Waals surface area contributed by atoms with Gasteiger partial charge in [-0.25, -0.2) is 0 Å². The average Bonchev–Trinajstić information content (AvgIpc) is 2.65. The van der Waals surface area contributed by atoms with Gasteiger partial charge in [0, 0.05) is 6.61 Å².